The number of hydrogen-bond donors (Lipinski definition) is 0. The van der Waals surface area contributed by atoms with E-state index in [1.54, 1.807) is 13.3 Å². The first-order chi connectivity index (χ1) is 10.8. The highest BCUT2D eigenvalue weighted by atomic mass is 32.2. The van der Waals surface area contributed by atoms with E-state index in [9.17, 15) is 4.55 Å². The molecule has 0 spiro atoms. The zero-order chi connectivity index (χ0) is 18.8. The maximum Gasteiger partial charge on any atom is 0.250 e. The molecule has 6 heteroatoms. The largest absolute Gasteiger partial charge is 0.591 e. The van der Waals surface area contributed by atoms with E-state index in [4.69, 9.17) is 9.16 Å². The standard InChI is InChI=1S/C18H31NO3SSi/c1-17(2,3)23(20)19-13-14-10-11-15(21-7)16(12-14)22-24(8,9)18(4,5)6/h10-13H,1-9H3/b19-13+. The maximum atomic E-state index is 12.1. The Morgan fingerprint density at radius 1 is 1.08 bits per heavy atom. The van der Waals surface area contributed by atoms with Crippen LogP contribution in [0.15, 0.2) is 22.6 Å². The molecule has 136 valence electrons. The molecule has 0 saturated carbocycles. The molecular formula is C18H31NO3SSi. The molecule has 0 aliphatic rings. The average molecular weight is 370 g/mol. The van der Waals surface area contributed by atoms with Gasteiger partial charge in [0.2, 0.25) is 0 Å². The molecule has 0 radical (unpaired) electrons. The van der Waals surface area contributed by atoms with Crippen molar-refractivity contribution in [1.82, 2.24) is 0 Å². The van der Waals surface area contributed by atoms with Gasteiger partial charge in [0.15, 0.2) is 5.75 Å². The number of hydrogen-bond acceptors (Lipinski definition) is 4. The van der Waals surface area contributed by atoms with Gasteiger partial charge >= 0.3 is 0 Å². The van der Waals surface area contributed by atoms with Crippen LogP contribution in [0.4, 0.5) is 0 Å². The summed E-state index contributed by atoms with van der Waals surface area (Å²) in [4.78, 5) is 0. The van der Waals surface area contributed by atoms with E-state index in [0.717, 1.165) is 11.3 Å². The van der Waals surface area contributed by atoms with Gasteiger partial charge in [-0.3, -0.25) is 0 Å². The summed E-state index contributed by atoms with van der Waals surface area (Å²) in [7, 11) is -0.340. The summed E-state index contributed by atoms with van der Waals surface area (Å²) >= 11 is -1.28. The summed E-state index contributed by atoms with van der Waals surface area (Å²) in [6.07, 6.45) is 1.64. The van der Waals surface area contributed by atoms with Gasteiger partial charge in [-0.05, 0) is 57.1 Å². The van der Waals surface area contributed by atoms with Crippen molar-refractivity contribution in [3.05, 3.63) is 23.8 Å². The average Bonchev–Trinajstić information content (AvgIpc) is 2.42. The van der Waals surface area contributed by atoms with Crippen LogP contribution in [0.1, 0.15) is 47.1 Å². The van der Waals surface area contributed by atoms with E-state index in [1.807, 2.05) is 39.0 Å². The van der Waals surface area contributed by atoms with E-state index in [1.165, 1.54) is 0 Å². The fraction of sp³-hybridized carbons (Fsp3) is 0.611. The third kappa shape index (κ3) is 5.53. The molecule has 1 aromatic rings. The second-order valence-corrected chi connectivity index (χ2v) is 15.0. The predicted octanol–water partition coefficient (Wildman–Crippen LogP) is 4.96. The van der Waals surface area contributed by atoms with Crippen LogP contribution in [0.2, 0.25) is 18.1 Å². The Balaban J connectivity index is 3.12. The molecule has 1 aromatic carbocycles. The van der Waals surface area contributed by atoms with Gasteiger partial charge in [-0.1, -0.05) is 25.2 Å². The van der Waals surface area contributed by atoms with Gasteiger partial charge in [-0.25, -0.2) is 0 Å². The van der Waals surface area contributed by atoms with Crippen molar-refractivity contribution < 1.29 is 13.7 Å². The van der Waals surface area contributed by atoms with Gasteiger partial charge in [0.1, 0.15) is 21.9 Å². The first kappa shape index (κ1) is 21.1. The Morgan fingerprint density at radius 3 is 2.12 bits per heavy atom. The van der Waals surface area contributed by atoms with Crippen LogP contribution in [0.3, 0.4) is 0 Å². The quantitative estimate of drug-likeness (QED) is 0.419. The molecule has 0 aromatic heterocycles. The third-order valence-corrected chi connectivity index (χ3v) is 9.87. The van der Waals surface area contributed by atoms with Crippen LogP contribution in [0, 0.1) is 0 Å². The van der Waals surface area contributed by atoms with Gasteiger partial charge in [0.05, 0.1) is 13.3 Å². The lowest BCUT2D eigenvalue weighted by Crippen LogP contribution is -2.43. The Hall–Kier alpha value is -0.983. The van der Waals surface area contributed by atoms with Crippen LogP contribution in [0.5, 0.6) is 11.5 Å². The Bertz CT molecular complexity index is 589. The number of ether oxygens (including phenoxy) is 1. The van der Waals surface area contributed by atoms with Crippen molar-refractivity contribution >= 4 is 25.9 Å². The first-order valence-electron chi connectivity index (χ1n) is 8.11. The SMILES string of the molecule is COc1ccc(/C=N/[S+]([O-])C(C)(C)C)cc1O[Si](C)(C)C(C)(C)C. The van der Waals surface area contributed by atoms with Crippen LogP contribution >= 0.6 is 0 Å². The van der Waals surface area contributed by atoms with Gasteiger partial charge in [-0.2, -0.15) is 0 Å². The summed E-state index contributed by atoms with van der Waals surface area (Å²) in [6, 6.07) is 5.66. The molecule has 0 fully saturated rings. The molecule has 0 aliphatic heterocycles. The monoisotopic (exact) mass is 369 g/mol. The van der Waals surface area contributed by atoms with Crippen molar-refractivity contribution in [2.24, 2.45) is 4.40 Å². The Labute approximate surface area is 151 Å². The molecular weight excluding hydrogens is 338 g/mol. The summed E-state index contributed by atoms with van der Waals surface area (Å²) in [5.41, 5.74) is 0.849. The number of nitrogens with zero attached hydrogens (tertiary/aromatic N) is 1. The fourth-order valence-corrected chi connectivity index (χ4v) is 3.10. The first-order valence-corrected chi connectivity index (χ1v) is 12.1. The molecule has 0 saturated heterocycles. The molecule has 1 rings (SSSR count). The maximum absolute atomic E-state index is 12.1. The van der Waals surface area contributed by atoms with E-state index >= 15 is 0 Å². The summed E-state index contributed by atoms with van der Waals surface area (Å²) in [5.74, 6) is 1.42. The summed E-state index contributed by atoms with van der Waals surface area (Å²) < 4.78 is 27.7. The minimum Gasteiger partial charge on any atom is -0.591 e. The van der Waals surface area contributed by atoms with Gasteiger partial charge in [0.25, 0.3) is 8.32 Å². The molecule has 24 heavy (non-hydrogen) atoms. The van der Waals surface area contributed by atoms with Crippen LogP contribution in [-0.2, 0) is 11.4 Å². The summed E-state index contributed by atoms with van der Waals surface area (Å²) in [5, 5.41) is 0.0931. The second kappa shape index (κ2) is 7.50. The zero-order valence-electron chi connectivity index (χ0n) is 16.4. The number of rotatable bonds is 5. The summed E-state index contributed by atoms with van der Waals surface area (Å²) in [6.45, 7) is 16.7. The highest BCUT2D eigenvalue weighted by molar-refractivity contribution is 7.91. The van der Waals surface area contributed by atoms with E-state index in [2.05, 4.69) is 38.3 Å². The molecule has 4 nitrogen and oxygen atoms in total. The molecule has 0 N–H and O–H groups in total. The number of benzene rings is 1. The number of methoxy groups -OCH3 is 1. The van der Waals surface area contributed by atoms with Crippen molar-refractivity contribution in [3.63, 3.8) is 0 Å². The Morgan fingerprint density at radius 2 is 1.67 bits per heavy atom. The van der Waals surface area contributed by atoms with Gasteiger partial charge in [-0.15, -0.1) is 0 Å². The lowest BCUT2D eigenvalue weighted by atomic mass is 10.2. The van der Waals surface area contributed by atoms with Crippen molar-refractivity contribution in [3.8, 4) is 11.5 Å². The van der Waals surface area contributed by atoms with Crippen molar-refractivity contribution in [2.75, 3.05) is 7.11 Å². The zero-order valence-corrected chi connectivity index (χ0v) is 18.2. The fourth-order valence-electron chi connectivity index (χ4n) is 1.55. The lowest BCUT2D eigenvalue weighted by molar-refractivity contribution is 0.386. The minimum atomic E-state index is -1.98. The molecule has 0 amide bonds. The molecule has 0 bridgehead atoms. The van der Waals surface area contributed by atoms with Crippen LogP contribution in [-0.4, -0.2) is 30.9 Å². The minimum absolute atomic E-state index is 0.0931. The van der Waals surface area contributed by atoms with Crippen LogP contribution < -0.4 is 9.16 Å². The molecule has 1 atom stereocenters. The highest BCUT2D eigenvalue weighted by Crippen LogP contribution is 2.40. The topological polar surface area (TPSA) is 53.9 Å². The van der Waals surface area contributed by atoms with E-state index < -0.39 is 19.7 Å². The molecule has 0 aliphatic carbocycles. The van der Waals surface area contributed by atoms with Crippen molar-refractivity contribution in [2.45, 2.75) is 64.4 Å². The normalized spacial score (nSPS) is 14.8. The third-order valence-electron chi connectivity index (χ3n) is 4.18. The highest BCUT2D eigenvalue weighted by Gasteiger charge is 2.39. The van der Waals surface area contributed by atoms with Gasteiger partial charge < -0.3 is 13.7 Å². The van der Waals surface area contributed by atoms with Crippen LogP contribution in [0.25, 0.3) is 0 Å². The molecule has 0 heterocycles. The van der Waals surface area contributed by atoms with Gasteiger partial charge in [0, 0.05) is 5.56 Å². The Kier molecular flexibility index (Phi) is 6.58. The van der Waals surface area contributed by atoms with E-state index in [-0.39, 0.29) is 9.79 Å². The lowest BCUT2D eigenvalue weighted by Gasteiger charge is -2.36. The van der Waals surface area contributed by atoms with Crippen molar-refractivity contribution in [1.29, 1.82) is 0 Å². The predicted molar refractivity (Wildman–Crippen MR) is 106 cm³/mol. The molecule has 1 unspecified atom stereocenters. The second-order valence-electron chi connectivity index (χ2n) is 8.37. The smallest absolute Gasteiger partial charge is 0.250 e. The van der Waals surface area contributed by atoms with E-state index in [0.29, 0.717) is 5.75 Å².